The average molecular weight is 592 g/mol. The van der Waals surface area contributed by atoms with E-state index in [9.17, 15) is 4.79 Å². The zero-order chi connectivity index (χ0) is 29.2. The molecule has 5 heteroatoms. The van der Waals surface area contributed by atoms with Gasteiger partial charge in [0.25, 0.3) is 0 Å². The van der Waals surface area contributed by atoms with Crippen molar-refractivity contribution in [1.29, 1.82) is 0 Å². The van der Waals surface area contributed by atoms with E-state index in [0.717, 1.165) is 23.1 Å². The fourth-order valence-corrected chi connectivity index (χ4v) is 9.83. The molecule has 4 aromatic rings. The third kappa shape index (κ3) is 6.05. The number of carbonyl (C=O) groups excluding carboxylic acids is 1. The summed E-state index contributed by atoms with van der Waals surface area (Å²) in [4.78, 5) is 16.6. The van der Waals surface area contributed by atoms with Crippen molar-refractivity contribution in [3.05, 3.63) is 115 Å². The molecule has 0 aromatic heterocycles. The second-order valence-corrected chi connectivity index (χ2v) is 14.6. The van der Waals surface area contributed by atoms with E-state index < -0.39 is 0 Å². The van der Waals surface area contributed by atoms with Crippen molar-refractivity contribution < 1.29 is 19.0 Å². The smallest absolute Gasteiger partial charge is 0.344 e. The van der Waals surface area contributed by atoms with Crippen LogP contribution < -0.4 is 9.47 Å². The Balaban J connectivity index is 0.920. The number of esters is 1. The second kappa shape index (κ2) is 12.1. The third-order valence-corrected chi connectivity index (χ3v) is 12.0. The topological polar surface area (TPSA) is 44.8 Å². The standard InChI is InChI=1S/C38H39O4S/c1-38(30-21-28-20-29(23-30)24-31(38)22-28)42-37(39)26-41-32-14-12-27(13-15-32)25-40-33-16-18-36(19-17-33)43(34-8-4-2-5-9-34)35-10-6-3-7-11-35/h2-19,28-31H,20-26H2,1H3/q+1. The third-order valence-electron chi connectivity index (χ3n) is 9.80. The highest BCUT2D eigenvalue weighted by molar-refractivity contribution is 7.97. The molecular weight excluding hydrogens is 552 g/mol. The summed E-state index contributed by atoms with van der Waals surface area (Å²) in [6, 6.07) is 37.5. The molecule has 0 N–H and O–H groups in total. The van der Waals surface area contributed by atoms with E-state index in [1.54, 1.807) is 0 Å². The van der Waals surface area contributed by atoms with E-state index in [0.29, 0.717) is 24.2 Å². The monoisotopic (exact) mass is 591 g/mol. The summed E-state index contributed by atoms with van der Waals surface area (Å²) in [6.45, 7) is 2.57. The van der Waals surface area contributed by atoms with Gasteiger partial charge in [-0.2, -0.15) is 0 Å². The Morgan fingerprint density at radius 3 is 1.70 bits per heavy atom. The zero-order valence-corrected chi connectivity index (χ0v) is 25.5. The molecule has 8 rings (SSSR count). The summed E-state index contributed by atoms with van der Waals surface area (Å²) in [5.41, 5.74) is 0.714. The molecule has 0 heterocycles. The van der Waals surface area contributed by atoms with Crippen LogP contribution in [0.25, 0.3) is 0 Å². The average Bonchev–Trinajstić information content (AvgIpc) is 3.04. The second-order valence-electron chi connectivity index (χ2n) is 12.6. The van der Waals surface area contributed by atoms with Gasteiger partial charge in [-0.05, 0) is 129 Å². The van der Waals surface area contributed by atoms with E-state index in [4.69, 9.17) is 14.2 Å². The van der Waals surface area contributed by atoms with Crippen molar-refractivity contribution in [2.75, 3.05) is 6.61 Å². The van der Waals surface area contributed by atoms with E-state index in [-0.39, 0.29) is 29.1 Å². The van der Waals surface area contributed by atoms with Gasteiger partial charge in [-0.15, -0.1) is 0 Å². The summed E-state index contributed by atoms with van der Waals surface area (Å²) >= 11 is 0. The molecule has 0 amide bonds. The van der Waals surface area contributed by atoms with Gasteiger partial charge in [0.15, 0.2) is 21.3 Å². The van der Waals surface area contributed by atoms with Crippen LogP contribution in [-0.2, 0) is 27.0 Å². The van der Waals surface area contributed by atoms with E-state index in [2.05, 4.69) is 79.7 Å². The minimum absolute atomic E-state index is 0.0578. The normalized spacial score (nSPS) is 25.4. The lowest BCUT2D eigenvalue weighted by molar-refractivity contribution is -0.204. The molecule has 4 aliphatic carbocycles. The number of carbonyl (C=O) groups is 1. The van der Waals surface area contributed by atoms with Gasteiger partial charge in [0.05, 0.1) is 10.9 Å². The molecule has 0 saturated heterocycles. The van der Waals surface area contributed by atoms with Crippen molar-refractivity contribution in [1.82, 2.24) is 0 Å². The molecule has 4 saturated carbocycles. The molecular formula is C38H39O4S+. The molecule has 4 nitrogen and oxygen atoms in total. The lowest BCUT2D eigenvalue weighted by Gasteiger charge is -2.59. The highest BCUT2D eigenvalue weighted by atomic mass is 32.2. The van der Waals surface area contributed by atoms with Crippen molar-refractivity contribution in [2.24, 2.45) is 23.7 Å². The van der Waals surface area contributed by atoms with Gasteiger partial charge < -0.3 is 14.2 Å². The first-order valence-electron chi connectivity index (χ1n) is 15.5. The van der Waals surface area contributed by atoms with Crippen LogP contribution in [0.2, 0.25) is 0 Å². The number of hydrogen-bond donors (Lipinski definition) is 0. The molecule has 0 unspecified atom stereocenters. The van der Waals surface area contributed by atoms with Gasteiger partial charge >= 0.3 is 5.97 Å². The molecule has 0 atom stereocenters. The summed E-state index contributed by atoms with van der Waals surface area (Å²) in [5, 5.41) is 0. The van der Waals surface area contributed by atoms with E-state index in [1.807, 2.05) is 36.4 Å². The van der Waals surface area contributed by atoms with Crippen LogP contribution in [0.3, 0.4) is 0 Å². The molecule has 0 spiro atoms. The van der Waals surface area contributed by atoms with Gasteiger partial charge in [-0.3, -0.25) is 0 Å². The molecule has 220 valence electrons. The van der Waals surface area contributed by atoms with Crippen LogP contribution in [0.5, 0.6) is 11.5 Å². The van der Waals surface area contributed by atoms with Crippen LogP contribution >= 0.6 is 0 Å². The fourth-order valence-electron chi connectivity index (χ4n) is 7.75. The van der Waals surface area contributed by atoms with Gasteiger partial charge in [0.2, 0.25) is 0 Å². The Morgan fingerprint density at radius 2 is 1.14 bits per heavy atom. The summed E-state index contributed by atoms with van der Waals surface area (Å²) in [5.74, 6) is 3.95. The summed E-state index contributed by atoms with van der Waals surface area (Å²) in [6.07, 6.45) is 6.25. The van der Waals surface area contributed by atoms with Crippen LogP contribution in [0, 0.1) is 23.7 Å². The Labute approximate surface area is 257 Å². The number of benzene rings is 4. The molecule has 43 heavy (non-hydrogen) atoms. The van der Waals surface area contributed by atoms with Gasteiger partial charge in [0.1, 0.15) is 23.7 Å². The van der Waals surface area contributed by atoms with E-state index in [1.165, 1.54) is 46.8 Å². The lowest BCUT2D eigenvalue weighted by Crippen LogP contribution is -2.58. The largest absolute Gasteiger partial charge is 0.489 e. The zero-order valence-electron chi connectivity index (χ0n) is 24.7. The van der Waals surface area contributed by atoms with E-state index >= 15 is 0 Å². The summed E-state index contributed by atoms with van der Waals surface area (Å²) in [7, 11) is -0.179. The number of hydrogen-bond acceptors (Lipinski definition) is 4. The van der Waals surface area contributed by atoms with Crippen molar-refractivity contribution >= 4 is 16.9 Å². The highest BCUT2D eigenvalue weighted by Gasteiger charge is 2.57. The van der Waals surface area contributed by atoms with Gasteiger partial charge in [0, 0.05) is 0 Å². The van der Waals surface area contributed by atoms with Crippen molar-refractivity contribution in [3.63, 3.8) is 0 Å². The van der Waals surface area contributed by atoms with Crippen LogP contribution in [0.1, 0.15) is 44.6 Å². The summed E-state index contributed by atoms with van der Waals surface area (Å²) < 4.78 is 18.1. The number of rotatable bonds is 10. The lowest BCUT2D eigenvalue weighted by atomic mass is 9.50. The quantitative estimate of drug-likeness (QED) is 0.137. The maximum atomic E-state index is 12.8. The fraction of sp³-hybridized carbons (Fsp3) is 0.342. The van der Waals surface area contributed by atoms with Crippen LogP contribution in [0.15, 0.2) is 124 Å². The van der Waals surface area contributed by atoms with Crippen LogP contribution in [0.4, 0.5) is 0 Å². The molecule has 0 aliphatic heterocycles. The first-order valence-corrected chi connectivity index (χ1v) is 16.8. The maximum absolute atomic E-state index is 12.8. The number of ether oxygens (including phenoxy) is 3. The van der Waals surface area contributed by atoms with Crippen molar-refractivity contribution in [2.45, 2.75) is 65.9 Å². The maximum Gasteiger partial charge on any atom is 0.344 e. The Hall–Kier alpha value is -3.70. The van der Waals surface area contributed by atoms with Crippen LogP contribution in [-0.4, -0.2) is 18.2 Å². The van der Waals surface area contributed by atoms with Gasteiger partial charge in [-0.1, -0.05) is 48.5 Å². The SMILES string of the molecule is CC1(OC(=O)COc2ccc(COc3ccc([S+](c4ccccc4)c4ccccc4)cc3)cc2)C2CC3CC(C2)CC1C3. The van der Waals surface area contributed by atoms with Gasteiger partial charge in [-0.25, -0.2) is 4.79 Å². The Morgan fingerprint density at radius 1 is 0.651 bits per heavy atom. The first-order chi connectivity index (χ1) is 21.0. The Bertz CT molecular complexity index is 1450. The minimum Gasteiger partial charge on any atom is -0.489 e. The predicted octanol–water partition coefficient (Wildman–Crippen LogP) is 8.50. The minimum atomic E-state index is -0.322. The van der Waals surface area contributed by atoms with Crippen molar-refractivity contribution in [3.8, 4) is 11.5 Å². The molecule has 0 radical (unpaired) electrons. The molecule has 4 aliphatic rings. The molecule has 4 bridgehead atoms. The highest BCUT2D eigenvalue weighted by Crippen LogP contribution is 2.59. The first kappa shape index (κ1) is 28.1. The predicted molar refractivity (Wildman–Crippen MR) is 169 cm³/mol. The molecule has 4 fully saturated rings. The Kier molecular flexibility index (Phi) is 7.92. The molecule has 4 aromatic carbocycles.